The minimum absolute atomic E-state index is 0.181. The topological polar surface area (TPSA) is 128 Å². The summed E-state index contributed by atoms with van der Waals surface area (Å²) in [6.07, 6.45) is 0.689. The van der Waals surface area contributed by atoms with Crippen molar-refractivity contribution in [2.45, 2.75) is 32.7 Å². The van der Waals surface area contributed by atoms with E-state index in [2.05, 4.69) is 5.32 Å². The first-order chi connectivity index (χ1) is 12.1. The molecule has 142 valence electrons. The summed E-state index contributed by atoms with van der Waals surface area (Å²) in [5, 5.41) is 13.9. The number of carbonyl (C=O) groups is 2. The van der Waals surface area contributed by atoms with Gasteiger partial charge in [0.2, 0.25) is 5.91 Å². The molecule has 1 aromatic carbocycles. The lowest BCUT2D eigenvalue weighted by Gasteiger charge is -2.33. The Balaban J connectivity index is 2.21. The average Bonchev–Trinajstić information content (AvgIpc) is 2.56. The van der Waals surface area contributed by atoms with E-state index >= 15 is 0 Å². The molecule has 1 heterocycles. The van der Waals surface area contributed by atoms with E-state index in [1.807, 2.05) is 20.8 Å². The molecule has 0 radical (unpaired) electrons. The highest BCUT2D eigenvalue weighted by molar-refractivity contribution is 6.02. The van der Waals surface area contributed by atoms with Crippen molar-refractivity contribution in [3.63, 3.8) is 0 Å². The molecule has 26 heavy (non-hydrogen) atoms. The fourth-order valence-electron chi connectivity index (χ4n) is 3.08. The smallest absolute Gasteiger partial charge is 0.271 e. The second-order valence-electron chi connectivity index (χ2n) is 7.09. The lowest BCUT2D eigenvalue weighted by atomic mass is 9.90. The first-order valence-electron chi connectivity index (χ1n) is 8.38. The van der Waals surface area contributed by atoms with E-state index in [4.69, 9.17) is 10.5 Å². The Bertz CT molecular complexity index is 721. The van der Waals surface area contributed by atoms with E-state index in [9.17, 15) is 19.7 Å². The summed E-state index contributed by atoms with van der Waals surface area (Å²) >= 11 is 0. The van der Waals surface area contributed by atoms with Crippen LogP contribution in [0, 0.1) is 16.0 Å². The molecule has 0 fully saturated rings. The number of anilines is 1. The number of carbonyl (C=O) groups excluding carboxylic acids is 2. The maximum atomic E-state index is 12.5. The molecule has 2 rings (SSSR count). The van der Waals surface area contributed by atoms with Crippen molar-refractivity contribution in [3.8, 4) is 5.75 Å². The monoisotopic (exact) mass is 364 g/mol. The van der Waals surface area contributed by atoms with Gasteiger partial charge in [0.1, 0.15) is 12.3 Å². The van der Waals surface area contributed by atoms with Gasteiger partial charge in [0, 0.05) is 24.2 Å². The van der Waals surface area contributed by atoms with Gasteiger partial charge in [-0.25, -0.2) is 0 Å². The van der Waals surface area contributed by atoms with Crippen molar-refractivity contribution < 1.29 is 19.2 Å². The number of nitrogens with two attached hydrogens (primary N) is 1. The molecule has 0 saturated carbocycles. The van der Waals surface area contributed by atoms with Gasteiger partial charge in [0.25, 0.3) is 11.6 Å². The summed E-state index contributed by atoms with van der Waals surface area (Å²) in [4.78, 5) is 36.4. The number of nitro groups is 1. The third-order valence-corrected chi connectivity index (χ3v) is 4.15. The van der Waals surface area contributed by atoms with Crippen molar-refractivity contribution in [3.05, 3.63) is 28.3 Å². The van der Waals surface area contributed by atoms with Crippen LogP contribution in [0.4, 0.5) is 11.4 Å². The SMILES string of the molecule is CC(C)CC(C)(CN)NC(=O)CN1C(=O)COc2ccc([N+](=O)[O-])cc21. The summed E-state index contributed by atoms with van der Waals surface area (Å²) in [6.45, 7) is 5.69. The molecule has 2 amide bonds. The van der Waals surface area contributed by atoms with Crippen LogP contribution in [-0.4, -0.2) is 42.0 Å². The van der Waals surface area contributed by atoms with E-state index in [0.29, 0.717) is 18.1 Å². The molecule has 1 unspecified atom stereocenters. The van der Waals surface area contributed by atoms with Crippen LogP contribution in [0.15, 0.2) is 18.2 Å². The standard InChI is InChI=1S/C17H24N4O5/c1-11(2)7-17(3,10-18)19-15(22)8-20-13-6-12(21(24)25)4-5-14(13)26-9-16(20)23/h4-6,11H,7-10,18H2,1-3H3,(H,19,22). The molecular weight excluding hydrogens is 340 g/mol. The van der Waals surface area contributed by atoms with Gasteiger partial charge in [-0.15, -0.1) is 0 Å². The second-order valence-corrected chi connectivity index (χ2v) is 7.09. The van der Waals surface area contributed by atoms with Gasteiger partial charge in [0.05, 0.1) is 10.6 Å². The number of hydrogen-bond acceptors (Lipinski definition) is 6. The number of ether oxygens (including phenoxy) is 1. The van der Waals surface area contributed by atoms with Crippen LogP contribution in [-0.2, 0) is 9.59 Å². The molecule has 9 heteroatoms. The average molecular weight is 364 g/mol. The molecule has 0 bridgehead atoms. The number of nitro benzene ring substituents is 1. The molecule has 0 saturated heterocycles. The maximum absolute atomic E-state index is 12.5. The number of hydrogen-bond donors (Lipinski definition) is 2. The van der Waals surface area contributed by atoms with E-state index < -0.39 is 16.4 Å². The Morgan fingerprint density at radius 3 is 2.77 bits per heavy atom. The molecule has 1 aromatic rings. The molecule has 0 aliphatic carbocycles. The van der Waals surface area contributed by atoms with Crippen LogP contribution in [0.2, 0.25) is 0 Å². The number of benzene rings is 1. The zero-order chi connectivity index (χ0) is 19.5. The lowest BCUT2D eigenvalue weighted by Crippen LogP contribution is -2.55. The highest BCUT2D eigenvalue weighted by atomic mass is 16.6. The van der Waals surface area contributed by atoms with E-state index in [0.717, 1.165) is 0 Å². The maximum Gasteiger partial charge on any atom is 0.271 e. The van der Waals surface area contributed by atoms with Crippen molar-refractivity contribution in [1.29, 1.82) is 0 Å². The molecule has 0 spiro atoms. The summed E-state index contributed by atoms with van der Waals surface area (Å²) in [7, 11) is 0. The van der Waals surface area contributed by atoms with Gasteiger partial charge >= 0.3 is 0 Å². The number of amides is 2. The Morgan fingerprint density at radius 1 is 1.50 bits per heavy atom. The van der Waals surface area contributed by atoms with Crippen LogP contribution >= 0.6 is 0 Å². The normalized spacial score (nSPS) is 15.9. The van der Waals surface area contributed by atoms with Crippen molar-refractivity contribution >= 4 is 23.2 Å². The minimum atomic E-state index is -0.591. The zero-order valence-electron chi connectivity index (χ0n) is 15.2. The summed E-state index contributed by atoms with van der Waals surface area (Å²) in [5.74, 6) is -0.165. The third-order valence-electron chi connectivity index (χ3n) is 4.15. The van der Waals surface area contributed by atoms with Crippen LogP contribution in [0.5, 0.6) is 5.75 Å². The van der Waals surface area contributed by atoms with Gasteiger partial charge in [-0.3, -0.25) is 24.6 Å². The summed E-state index contributed by atoms with van der Waals surface area (Å²) < 4.78 is 5.29. The van der Waals surface area contributed by atoms with Crippen LogP contribution < -0.4 is 20.7 Å². The molecule has 1 atom stereocenters. The molecule has 0 aromatic heterocycles. The second kappa shape index (κ2) is 7.69. The van der Waals surface area contributed by atoms with E-state index in [-0.39, 0.29) is 37.0 Å². The first-order valence-corrected chi connectivity index (χ1v) is 8.38. The number of non-ortho nitro benzene ring substituents is 1. The zero-order valence-corrected chi connectivity index (χ0v) is 15.2. The lowest BCUT2D eigenvalue weighted by molar-refractivity contribution is -0.384. The molecular formula is C17H24N4O5. The number of rotatable bonds is 7. The fourth-order valence-corrected chi connectivity index (χ4v) is 3.08. The van der Waals surface area contributed by atoms with Crippen molar-refractivity contribution in [2.24, 2.45) is 11.7 Å². The van der Waals surface area contributed by atoms with Gasteiger partial charge in [0.15, 0.2) is 6.61 Å². The largest absolute Gasteiger partial charge is 0.482 e. The Morgan fingerprint density at radius 2 is 2.19 bits per heavy atom. The van der Waals surface area contributed by atoms with Gasteiger partial charge in [-0.2, -0.15) is 0 Å². The molecule has 1 aliphatic heterocycles. The number of fused-ring (bicyclic) bond motifs is 1. The Hall–Kier alpha value is -2.68. The minimum Gasteiger partial charge on any atom is -0.482 e. The van der Waals surface area contributed by atoms with Crippen molar-refractivity contribution in [1.82, 2.24) is 5.32 Å². The number of nitrogens with one attached hydrogen (secondary N) is 1. The van der Waals surface area contributed by atoms with Gasteiger partial charge in [-0.05, 0) is 25.3 Å². The van der Waals surface area contributed by atoms with Crippen molar-refractivity contribution in [2.75, 3.05) is 24.6 Å². The highest BCUT2D eigenvalue weighted by Crippen LogP contribution is 2.35. The molecule has 3 N–H and O–H groups in total. The van der Waals surface area contributed by atoms with Crippen LogP contribution in [0.25, 0.3) is 0 Å². The Labute approximate surface area is 151 Å². The summed E-state index contributed by atoms with van der Waals surface area (Å²) in [5.41, 5.74) is 5.24. The van der Waals surface area contributed by atoms with Gasteiger partial charge < -0.3 is 15.8 Å². The number of nitrogens with zero attached hydrogens (tertiary/aromatic N) is 2. The van der Waals surface area contributed by atoms with Gasteiger partial charge in [-0.1, -0.05) is 13.8 Å². The van der Waals surface area contributed by atoms with Crippen LogP contribution in [0.3, 0.4) is 0 Å². The Kier molecular flexibility index (Phi) is 5.81. The predicted molar refractivity (Wildman–Crippen MR) is 96.0 cm³/mol. The molecule has 9 nitrogen and oxygen atoms in total. The third kappa shape index (κ3) is 4.48. The van der Waals surface area contributed by atoms with E-state index in [1.165, 1.54) is 23.1 Å². The van der Waals surface area contributed by atoms with E-state index in [1.54, 1.807) is 0 Å². The predicted octanol–water partition coefficient (Wildman–Crippen LogP) is 1.20. The highest BCUT2D eigenvalue weighted by Gasteiger charge is 2.31. The quantitative estimate of drug-likeness (QED) is 0.553. The first kappa shape index (κ1) is 19.6. The van der Waals surface area contributed by atoms with Crippen LogP contribution in [0.1, 0.15) is 27.2 Å². The summed E-state index contributed by atoms with van der Waals surface area (Å²) in [6, 6.07) is 3.95. The fraction of sp³-hybridized carbons (Fsp3) is 0.529. The molecule has 1 aliphatic rings.